The molecule has 0 bridgehead atoms. The van der Waals surface area contributed by atoms with Crippen LogP contribution in [0.3, 0.4) is 0 Å². The van der Waals surface area contributed by atoms with Crippen molar-refractivity contribution in [1.82, 2.24) is 5.32 Å². The lowest BCUT2D eigenvalue weighted by Gasteiger charge is -2.05. The predicted octanol–water partition coefficient (Wildman–Crippen LogP) is 2.04. The van der Waals surface area contributed by atoms with Gasteiger partial charge in [-0.25, -0.2) is 0 Å². The van der Waals surface area contributed by atoms with Crippen molar-refractivity contribution in [2.75, 3.05) is 20.3 Å². The molecule has 1 aromatic carbocycles. The third-order valence-corrected chi connectivity index (χ3v) is 2.58. The number of carbonyl (C=O) groups is 1. The highest BCUT2D eigenvalue weighted by molar-refractivity contribution is 6.31. The first-order chi connectivity index (χ1) is 7.74. The van der Waals surface area contributed by atoms with Gasteiger partial charge in [0.1, 0.15) is 0 Å². The third-order valence-electron chi connectivity index (χ3n) is 2.21. The van der Waals surface area contributed by atoms with Crippen LogP contribution in [-0.2, 0) is 16.0 Å². The molecule has 4 heteroatoms. The molecule has 0 heterocycles. The molecule has 88 valence electrons. The number of ether oxygens (including phenoxy) is 1. The van der Waals surface area contributed by atoms with Gasteiger partial charge in [0.2, 0.25) is 5.91 Å². The third kappa shape index (κ3) is 4.64. The summed E-state index contributed by atoms with van der Waals surface area (Å²) in [5.41, 5.74) is 1.01. The lowest BCUT2D eigenvalue weighted by atomic mass is 10.1. The Morgan fingerprint density at radius 3 is 2.88 bits per heavy atom. The number of benzene rings is 1. The van der Waals surface area contributed by atoms with Gasteiger partial charge in [-0.3, -0.25) is 4.79 Å². The molecular weight excluding hydrogens is 226 g/mol. The molecule has 0 atom stereocenters. The zero-order chi connectivity index (χ0) is 11.8. The van der Waals surface area contributed by atoms with E-state index in [-0.39, 0.29) is 5.91 Å². The maximum atomic E-state index is 11.4. The molecule has 16 heavy (non-hydrogen) atoms. The number of carbonyl (C=O) groups excluding carboxylic acids is 1. The van der Waals surface area contributed by atoms with Crippen molar-refractivity contribution < 1.29 is 9.53 Å². The fraction of sp³-hybridized carbons (Fsp3) is 0.417. The number of halogens is 1. The Balaban J connectivity index is 2.29. The van der Waals surface area contributed by atoms with E-state index in [1.54, 1.807) is 7.11 Å². The lowest BCUT2D eigenvalue weighted by Crippen LogP contribution is -2.27. The van der Waals surface area contributed by atoms with Gasteiger partial charge in [-0.05, 0) is 18.1 Å². The van der Waals surface area contributed by atoms with Gasteiger partial charge < -0.3 is 10.1 Å². The Kier molecular flexibility index (Phi) is 5.90. The second-order valence-electron chi connectivity index (χ2n) is 3.43. The minimum Gasteiger partial charge on any atom is -0.383 e. The van der Waals surface area contributed by atoms with Gasteiger partial charge in [-0.15, -0.1) is 0 Å². The molecule has 0 fully saturated rings. The highest BCUT2D eigenvalue weighted by Crippen LogP contribution is 2.16. The van der Waals surface area contributed by atoms with Crippen molar-refractivity contribution in [3.63, 3.8) is 0 Å². The summed E-state index contributed by atoms with van der Waals surface area (Å²) in [5, 5.41) is 3.48. The van der Waals surface area contributed by atoms with E-state index in [0.717, 1.165) is 5.56 Å². The Bertz CT molecular complexity index is 342. The van der Waals surface area contributed by atoms with E-state index in [0.29, 0.717) is 31.0 Å². The average Bonchev–Trinajstić information content (AvgIpc) is 2.28. The zero-order valence-corrected chi connectivity index (χ0v) is 10.1. The maximum absolute atomic E-state index is 11.4. The number of hydrogen-bond acceptors (Lipinski definition) is 2. The van der Waals surface area contributed by atoms with Gasteiger partial charge in [-0.2, -0.15) is 0 Å². The number of nitrogens with one attached hydrogen (secondary N) is 1. The monoisotopic (exact) mass is 241 g/mol. The van der Waals surface area contributed by atoms with Crippen LogP contribution in [0.15, 0.2) is 24.3 Å². The minimum absolute atomic E-state index is 0.0250. The van der Waals surface area contributed by atoms with Gasteiger partial charge in [0, 0.05) is 25.1 Å². The number of hydrogen-bond donors (Lipinski definition) is 1. The molecule has 0 aliphatic carbocycles. The van der Waals surface area contributed by atoms with E-state index < -0.39 is 0 Å². The van der Waals surface area contributed by atoms with Crippen LogP contribution in [0.1, 0.15) is 12.0 Å². The largest absolute Gasteiger partial charge is 0.383 e. The summed E-state index contributed by atoms with van der Waals surface area (Å²) in [7, 11) is 1.61. The topological polar surface area (TPSA) is 38.3 Å². The van der Waals surface area contributed by atoms with Crippen LogP contribution in [-0.4, -0.2) is 26.2 Å². The summed E-state index contributed by atoms with van der Waals surface area (Å²) >= 11 is 5.98. The minimum atomic E-state index is 0.0250. The second-order valence-corrected chi connectivity index (χ2v) is 3.84. The quantitative estimate of drug-likeness (QED) is 0.774. The number of amides is 1. The predicted molar refractivity (Wildman–Crippen MR) is 64.7 cm³/mol. The van der Waals surface area contributed by atoms with Crippen molar-refractivity contribution in [3.05, 3.63) is 34.9 Å². The molecule has 0 radical (unpaired) electrons. The normalized spacial score (nSPS) is 10.1. The summed E-state index contributed by atoms with van der Waals surface area (Å²) in [4.78, 5) is 11.4. The summed E-state index contributed by atoms with van der Waals surface area (Å²) in [5.74, 6) is 0.0250. The molecule has 1 aromatic rings. The Labute approximate surface area is 101 Å². The van der Waals surface area contributed by atoms with E-state index in [1.807, 2.05) is 24.3 Å². The first-order valence-electron chi connectivity index (χ1n) is 5.23. The van der Waals surface area contributed by atoms with E-state index in [4.69, 9.17) is 16.3 Å². The molecule has 1 amide bonds. The fourth-order valence-corrected chi connectivity index (χ4v) is 1.56. The van der Waals surface area contributed by atoms with Crippen molar-refractivity contribution in [2.45, 2.75) is 12.8 Å². The van der Waals surface area contributed by atoms with Crippen LogP contribution in [0, 0.1) is 0 Å². The molecule has 0 saturated carbocycles. The highest BCUT2D eigenvalue weighted by atomic mass is 35.5. The van der Waals surface area contributed by atoms with Crippen LogP contribution in [0.25, 0.3) is 0 Å². The Morgan fingerprint density at radius 2 is 2.19 bits per heavy atom. The molecule has 0 aliphatic heterocycles. The summed E-state index contributed by atoms with van der Waals surface area (Å²) in [6, 6.07) is 7.57. The van der Waals surface area contributed by atoms with Crippen LogP contribution in [0.4, 0.5) is 0 Å². The highest BCUT2D eigenvalue weighted by Gasteiger charge is 2.03. The van der Waals surface area contributed by atoms with Gasteiger partial charge in [-0.1, -0.05) is 29.8 Å². The summed E-state index contributed by atoms with van der Waals surface area (Å²) in [6.07, 6.45) is 1.12. The second kappa shape index (κ2) is 7.25. The molecule has 1 N–H and O–H groups in total. The molecule has 0 saturated heterocycles. The van der Waals surface area contributed by atoms with Gasteiger partial charge >= 0.3 is 0 Å². The van der Waals surface area contributed by atoms with E-state index in [2.05, 4.69) is 5.32 Å². The molecule has 1 rings (SSSR count). The first kappa shape index (κ1) is 13.0. The molecule has 0 spiro atoms. The fourth-order valence-electron chi connectivity index (χ4n) is 1.33. The van der Waals surface area contributed by atoms with E-state index in [9.17, 15) is 4.79 Å². The number of rotatable bonds is 6. The first-order valence-corrected chi connectivity index (χ1v) is 5.61. The van der Waals surface area contributed by atoms with Crippen molar-refractivity contribution in [1.29, 1.82) is 0 Å². The number of aryl methyl sites for hydroxylation is 1. The van der Waals surface area contributed by atoms with Crippen LogP contribution >= 0.6 is 11.6 Å². The van der Waals surface area contributed by atoms with E-state index >= 15 is 0 Å². The number of methoxy groups -OCH3 is 1. The molecule has 0 aromatic heterocycles. The molecule has 3 nitrogen and oxygen atoms in total. The van der Waals surface area contributed by atoms with Crippen LogP contribution in [0.5, 0.6) is 0 Å². The van der Waals surface area contributed by atoms with Crippen molar-refractivity contribution in [3.8, 4) is 0 Å². The average molecular weight is 242 g/mol. The Hall–Kier alpha value is -1.06. The summed E-state index contributed by atoms with van der Waals surface area (Å²) < 4.78 is 4.84. The summed E-state index contributed by atoms with van der Waals surface area (Å²) in [6.45, 7) is 1.09. The van der Waals surface area contributed by atoms with Gasteiger partial charge in [0.25, 0.3) is 0 Å². The lowest BCUT2D eigenvalue weighted by molar-refractivity contribution is -0.121. The van der Waals surface area contributed by atoms with Crippen LogP contribution < -0.4 is 5.32 Å². The smallest absolute Gasteiger partial charge is 0.220 e. The molecule has 0 aliphatic rings. The van der Waals surface area contributed by atoms with Gasteiger partial charge in [0.15, 0.2) is 0 Å². The van der Waals surface area contributed by atoms with Crippen molar-refractivity contribution in [2.24, 2.45) is 0 Å². The van der Waals surface area contributed by atoms with Crippen LogP contribution in [0.2, 0.25) is 5.02 Å². The van der Waals surface area contributed by atoms with Crippen molar-refractivity contribution >= 4 is 17.5 Å². The van der Waals surface area contributed by atoms with Gasteiger partial charge in [0.05, 0.1) is 6.61 Å². The zero-order valence-electron chi connectivity index (χ0n) is 9.33. The Morgan fingerprint density at radius 1 is 1.44 bits per heavy atom. The molecular formula is C12H16ClNO2. The maximum Gasteiger partial charge on any atom is 0.220 e. The molecule has 0 unspecified atom stereocenters. The standard InChI is InChI=1S/C12H16ClNO2/c1-16-9-8-14-12(15)7-6-10-4-2-3-5-11(10)13/h2-5H,6-9H2,1H3,(H,14,15). The van der Waals surface area contributed by atoms with E-state index in [1.165, 1.54) is 0 Å². The SMILES string of the molecule is COCCNC(=O)CCc1ccccc1Cl.